The molecular weight excluding hydrogens is 297 g/mol. The number of rotatable bonds is 2. The molecule has 1 unspecified atom stereocenters. The normalized spacial score (nSPS) is 23.4. The lowest BCUT2D eigenvalue weighted by Gasteiger charge is -2.36. The standard InChI is InChI=1S/C13H16FN3O3S/c14-11-3-1-9(15)7-12(11)21(19,20)16-5-6-17-10(8-16)2-4-13(17)18/h1,3,7,10H,2,4-6,8,15H2. The number of nitrogens with two attached hydrogens (primary N) is 1. The molecule has 2 saturated heterocycles. The molecule has 2 N–H and O–H groups in total. The fraction of sp³-hybridized carbons (Fsp3) is 0.462. The van der Waals surface area contributed by atoms with Crippen molar-refractivity contribution >= 4 is 21.6 Å². The molecule has 1 aromatic carbocycles. The average Bonchev–Trinajstić information content (AvgIpc) is 2.82. The van der Waals surface area contributed by atoms with Crippen molar-refractivity contribution in [2.45, 2.75) is 23.8 Å². The van der Waals surface area contributed by atoms with Crippen molar-refractivity contribution < 1.29 is 17.6 Å². The van der Waals surface area contributed by atoms with Crippen molar-refractivity contribution in [1.29, 1.82) is 0 Å². The van der Waals surface area contributed by atoms with E-state index in [9.17, 15) is 17.6 Å². The molecule has 2 fully saturated rings. The second-order valence-electron chi connectivity index (χ2n) is 5.33. The van der Waals surface area contributed by atoms with Gasteiger partial charge in [0.2, 0.25) is 15.9 Å². The predicted octanol–water partition coefficient (Wildman–Crippen LogP) is 0.403. The van der Waals surface area contributed by atoms with Crippen LogP contribution in [0.3, 0.4) is 0 Å². The molecule has 2 aliphatic rings. The Morgan fingerprint density at radius 3 is 2.81 bits per heavy atom. The lowest BCUT2D eigenvalue weighted by molar-refractivity contribution is -0.130. The maximum absolute atomic E-state index is 13.8. The van der Waals surface area contributed by atoms with E-state index in [1.165, 1.54) is 10.4 Å². The molecule has 8 heteroatoms. The summed E-state index contributed by atoms with van der Waals surface area (Å²) in [6, 6.07) is 3.40. The van der Waals surface area contributed by atoms with Gasteiger partial charge in [-0.05, 0) is 24.6 Å². The minimum Gasteiger partial charge on any atom is -0.399 e. The summed E-state index contributed by atoms with van der Waals surface area (Å²) in [6.07, 6.45) is 1.09. The van der Waals surface area contributed by atoms with Crippen LogP contribution in [0.4, 0.5) is 10.1 Å². The van der Waals surface area contributed by atoms with E-state index in [-0.39, 0.29) is 30.7 Å². The summed E-state index contributed by atoms with van der Waals surface area (Å²) in [5.74, 6) is -0.749. The number of anilines is 1. The number of halogens is 1. The fourth-order valence-corrected chi connectivity index (χ4v) is 4.48. The monoisotopic (exact) mass is 313 g/mol. The van der Waals surface area contributed by atoms with Crippen molar-refractivity contribution in [2.24, 2.45) is 0 Å². The van der Waals surface area contributed by atoms with Crippen LogP contribution in [-0.2, 0) is 14.8 Å². The molecule has 21 heavy (non-hydrogen) atoms. The third-order valence-electron chi connectivity index (χ3n) is 4.03. The Kier molecular flexibility index (Phi) is 3.37. The van der Waals surface area contributed by atoms with Gasteiger partial charge in [-0.15, -0.1) is 0 Å². The van der Waals surface area contributed by atoms with Gasteiger partial charge in [-0.1, -0.05) is 0 Å². The summed E-state index contributed by atoms with van der Waals surface area (Å²) in [4.78, 5) is 12.9. The minimum atomic E-state index is -3.93. The van der Waals surface area contributed by atoms with E-state index in [4.69, 9.17) is 5.73 Å². The van der Waals surface area contributed by atoms with Gasteiger partial charge in [-0.25, -0.2) is 12.8 Å². The zero-order valence-electron chi connectivity index (χ0n) is 11.3. The number of hydrogen-bond acceptors (Lipinski definition) is 4. The Labute approximate surface area is 122 Å². The Morgan fingerprint density at radius 1 is 1.29 bits per heavy atom. The van der Waals surface area contributed by atoms with E-state index in [1.807, 2.05) is 0 Å². The van der Waals surface area contributed by atoms with Crippen LogP contribution in [0.25, 0.3) is 0 Å². The Balaban J connectivity index is 1.89. The molecule has 0 radical (unpaired) electrons. The third-order valence-corrected chi connectivity index (χ3v) is 5.91. The Morgan fingerprint density at radius 2 is 2.05 bits per heavy atom. The number of benzene rings is 1. The van der Waals surface area contributed by atoms with Crippen LogP contribution in [0.1, 0.15) is 12.8 Å². The number of hydrogen-bond donors (Lipinski definition) is 1. The summed E-state index contributed by atoms with van der Waals surface area (Å²) < 4.78 is 40.2. The molecule has 2 heterocycles. The number of fused-ring (bicyclic) bond motifs is 1. The van der Waals surface area contributed by atoms with E-state index in [1.54, 1.807) is 4.90 Å². The molecule has 6 nitrogen and oxygen atoms in total. The topological polar surface area (TPSA) is 83.7 Å². The minimum absolute atomic E-state index is 0.0622. The van der Waals surface area contributed by atoms with Gasteiger partial charge in [0.15, 0.2) is 0 Å². The van der Waals surface area contributed by atoms with Crippen LogP contribution in [-0.4, -0.2) is 49.2 Å². The van der Waals surface area contributed by atoms with Gasteiger partial charge in [0.05, 0.1) is 0 Å². The molecule has 0 saturated carbocycles. The molecular formula is C13H16FN3O3S. The largest absolute Gasteiger partial charge is 0.399 e. The second kappa shape index (κ2) is 4.96. The van der Waals surface area contributed by atoms with Crippen LogP contribution < -0.4 is 5.73 Å². The zero-order valence-corrected chi connectivity index (χ0v) is 12.1. The Bertz CT molecular complexity index is 692. The van der Waals surface area contributed by atoms with Gasteiger partial charge in [0.1, 0.15) is 10.7 Å². The second-order valence-corrected chi connectivity index (χ2v) is 7.24. The van der Waals surface area contributed by atoms with Gasteiger partial charge < -0.3 is 10.6 Å². The zero-order chi connectivity index (χ0) is 15.2. The molecule has 0 aromatic heterocycles. The molecule has 2 aliphatic heterocycles. The van der Waals surface area contributed by atoms with Crippen LogP contribution >= 0.6 is 0 Å². The molecule has 3 rings (SSSR count). The molecule has 0 aliphatic carbocycles. The van der Waals surface area contributed by atoms with Crippen molar-refractivity contribution in [2.75, 3.05) is 25.4 Å². The average molecular weight is 313 g/mol. The first-order valence-electron chi connectivity index (χ1n) is 6.74. The quantitative estimate of drug-likeness (QED) is 0.801. The van der Waals surface area contributed by atoms with Gasteiger partial charge >= 0.3 is 0 Å². The van der Waals surface area contributed by atoms with Crippen molar-refractivity contribution in [3.05, 3.63) is 24.0 Å². The SMILES string of the molecule is Nc1ccc(F)c(S(=O)(=O)N2CCN3C(=O)CCC3C2)c1. The van der Waals surface area contributed by atoms with Crippen LogP contribution in [0.15, 0.2) is 23.1 Å². The Hall–Kier alpha value is -1.67. The summed E-state index contributed by atoms with van der Waals surface area (Å²) in [5.41, 5.74) is 5.75. The van der Waals surface area contributed by atoms with E-state index in [2.05, 4.69) is 0 Å². The summed E-state index contributed by atoms with van der Waals surface area (Å²) in [5, 5.41) is 0. The number of sulfonamides is 1. The number of nitrogens with zero attached hydrogens (tertiary/aromatic N) is 2. The lowest BCUT2D eigenvalue weighted by Crippen LogP contribution is -2.53. The lowest BCUT2D eigenvalue weighted by atomic mass is 10.2. The number of carbonyl (C=O) groups is 1. The maximum atomic E-state index is 13.8. The van der Waals surface area contributed by atoms with Gasteiger partial charge in [-0.3, -0.25) is 4.79 Å². The fourth-order valence-electron chi connectivity index (χ4n) is 2.91. The first-order valence-corrected chi connectivity index (χ1v) is 8.18. The van der Waals surface area contributed by atoms with Crippen LogP contribution in [0, 0.1) is 5.82 Å². The number of amides is 1. The van der Waals surface area contributed by atoms with E-state index >= 15 is 0 Å². The summed E-state index contributed by atoms with van der Waals surface area (Å²) >= 11 is 0. The van der Waals surface area contributed by atoms with E-state index < -0.39 is 20.7 Å². The summed E-state index contributed by atoms with van der Waals surface area (Å²) in [7, 11) is -3.93. The molecule has 0 spiro atoms. The van der Waals surface area contributed by atoms with Crippen molar-refractivity contribution in [3.8, 4) is 0 Å². The third kappa shape index (κ3) is 2.38. The molecule has 114 valence electrons. The molecule has 1 atom stereocenters. The summed E-state index contributed by atoms with van der Waals surface area (Å²) in [6.45, 7) is 0.744. The number of nitrogen functional groups attached to an aromatic ring is 1. The number of piperazine rings is 1. The highest BCUT2D eigenvalue weighted by Crippen LogP contribution is 2.28. The van der Waals surface area contributed by atoms with Gasteiger partial charge in [0, 0.05) is 37.8 Å². The molecule has 1 aromatic rings. The van der Waals surface area contributed by atoms with Crippen LogP contribution in [0.2, 0.25) is 0 Å². The highest BCUT2D eigenvalue weighted by Gasteiger charge is 2.40. The van der Waals surface area contributed by atoms with Crippen molar-refractivity contribution in [1.82, 2.24) is 9.21 Å². The number of carbonyl (C=O) groups excluding carboxylic acids is 1. The van der Waals surface area contributed by atoms with Crippen molar-refractivity contribution in [3.63, 3.8) is 0 Å². The predicted molar refractivity (Wildman–Crippen MR) is 74.3 cm³/mol. The van der Waals surface area contributed by atoms with Gasteiger partial charge in [-0.2, -0.15) is 4.31 Å². The highest BCUT2D eigenvalue weighted by molar-refractivity contribution is 7.89. The highest BCUT2D eigenvalue weighted by atomic mass is 32.2. The first-order chi connectivity index (χ1) is 9.89. The van der Waals surface area contributed by atoms with E-state index in [0.29, 0.717) is 19.4 Å². The van der Waals surface area contributed by atoms with Gasteiger partial charge in [0.25, 0.3) is 0 Å². The smallest absolute Gasteiger partial charge is 0.246 e. The molecule has 0 bridgehead atoms. The van der Waals surface area contributed by atoms with E-state index in [0.717, 1.165) is 12.1 Å². The first kappa shape index (κ1) is 14.3. The maximum Gasteiger partial charge on any atom is 0.246 e. The molecule has 1 amide bonds. The van der Waals surface area contributed by atoms with Crippen LogP contribution in [0.5, 0.6) is 0 Å².